The lowest BCUT2D eigenvalue weighted by Gasteiger charge is -2.26. The second-order valence-electron chi connectivity index (χ2n) is 7.85. The van der Waals surface area contributed by atoms with E-state index in [4.69, 9.17) is 4.74 Å². The predicted molar refractivity (Wildman–Crippen MR) is 75.5 cm³/mol. The van der Waals surface area contributed by atoms with Crippen LogP contribution in [0.25, 0.3) is 0 Å². The molecule has 106 valence electrons. The van der Waals surface area contributed by atoms with Gasteiger partial charge in [-0.1, -0.05) is 12.2 Å². The molecule has 0 aromatic heterocycles. The molecule has 0 heterocycles. The number of allylic oxidation sites excluding steroid dienone is 2. The number of ether oxygens (including phenoxy) is 1. The zero-order chi connectivity index (χ0) is 13.6. The summed E-state index contributed by atoms with van der Waals surface area (Å²) in [6, 6.07) is 0. The van der Waals surface area contributed by atoms with Gasteiger partial charge in [0.25, 0.3) is 0 Å². The Kier molecular flexibility index (Phi) is 3.23. The lowest BCUT2D eigenvalue weighted by Crippen LogP contribution is -2.30. The Morgan fingerprint density at radius 3 is 2.37 bits per heavy atom. The molecule has 2 fully saturated rings. The Labute approximate surface area is 116 Å². The number of hydrogen-bond donors (Lipinski definition) is 0. The highest BCUT2D eigenvalue weighted by Crippen LogP contribution is 2.49. The normalized spacial score (nSPS) is 40.9. The first kappa shape index (κ1) is 13.2. The summed E-state index contributed by atoms with van der Waals surface area (Å²) in [7, 11) is 0. The SMILES string of the molecule is CC(C)(C)OC(=O)C1CC2CC3C=CC(C3)CC1C2. The Morgan fingerprint density at radius 1 is 1.00 bits per heavy atom. The van der Waals surface area contributed by atoms with Gasteiger partial charge in [-0.3, -0.25) is 4.79 Å². The van der Waals surface area contributed by atoms with Crippen LogP contribution in [0.2, 0.25) is 0 Å². The fraction of sp³-hybridized carbons (Fsp3) is 0.824. The molecule has 3 rings (SSSR count). The zero-order valence-corrected chi connectivity index (χ0v) is 12.4. The summed E-state index contributed by atoms with van der Waals surface area (Å²) in [6.45, 7) is 5.90. The second-order valence-corrected chi connectivity index (χ2v) is 7.85. The van der Waals surface area contributed by atoms with Gasteiger partial charge >= 0.3 is 5.97 Å². The van der Waals surface area contributed by atoms with Crippen molar-refractivity contribution in [3.05, 3.63) is 12.2 Å². The monoisotopic (exact) mass is 262 g/mol. The van der Waals surface area contributed by atoms with Crippen LogP contribution in [0, 0.1) is 29.6 Å². The van der Waals surface area contributed by atoms with Gasteiger partial charge in [-0.15, -0.1) is 0 Å². The van der Waals surface area contributed by atoms with E-state index in [1.54, 1.807) is 0 Å². The molecule has 5 atom stereocenters. The van der Waals surface area contributed by atoms with E-state index >= 15 is 0 Å². The average Bonchev–Trinajstić information content (AvgIpc) is 2.84. The fourth-order valence-corrected chi connectivity index (χ4v) is 4.39. The maximum absolute atomic E-state index is 12.4. The summed E-state index contributed by atoms with van der Waals surface area (Å²) in [5.74, 6) is 3.04. The summed E-state index contributed by atoms with van der Waals surface area (Å²) >= 11 is 0. The molecule has 3 aliphatic rings. The van der Waals surface area contributed by atoms with Crippen LogP contribution in [-0.2, 0) is 9.53 Å². The number of carbonyl (C=O) groups is 1. The Hall–Kier alpha value is -0.790. The van der Waals surface area contributed by atoms with Gasteiger partial charge in [0.1, 0.15) is 5.60 Å². The van der Waals surface area contributed by atoms with E-state index in [1.165, 1.54) is 25.7 Å². The van der Waals surface area contributed by atoms with Crippen LogP contribution in [0.5, 0.6) is 0 Å². The molecular formula is C17H26O2. The number of hydrogen-bond acceptors (Lipinski definition) is 2. The van der Waals surface area contributed by atoms with Gasteiger partial charge < -0.3 is 4.74 Å². The van der Waals surface area contributed by atoms with Crippen LogP contribution in [0.3, 0.4) is 0 Å². The number of esters is 1. The lowest BCUT2D eigenvalue weighted by atomic mass is 9.82. The Bertz CT molecular complexity index is 391. The van der Waals surface area contributed by atoms with E-state index in [-0.39, 0.29) is 17.5 Å². The first-order valence-electron chi connectivity index (χ1n) is 7.82. The smallest absolute Gasteiger partial charge is 0.309 e. The van der Waals surface area contributed by atoms with E-state index in [2.05, 4.69) is 12.2 Å². The summed E-state index contributed by atoms with van der Waals surface area (Å²) in [5.41, 5.74) is -0.348. The average molecular weight is 262 g/mol. The quantitative estimate of drug-likeness (QED) is 0.528. The van der Waals surface area contributed by atoms with Crippen LogP contribution in [0.15, 0.2) is 12.2 Å². The minimum Gasteiger partial charge on any atom is -0.460 e. The van der Waals surface area contributed by atoms with Gasteiger partial charge in [0.15, 0.2) is 0 Å². The van der Waals surface area contributed by atoms with Crippen LogP contribution in [0.4, 0.5) is 0 Å². The fourth-order valence-electron chi connectivity index (χ4n) is 4.39. The molecule has 0 aliphatic heterocycles. The number of carbonyl (C=O) groups excluding carboxylic acids is 1. The first-order chi connectivity index (χ1) is 8.90. The van der Waals surface area contributed by atoms with Crippen molar-refractivity contribution in [3.8, 4) is 0 Å². The highest BCUT2D eigenvalue weighted by atomic mass is 16.6. The molecule has 0 spiro atoms. The molecule has 0 N–H and O–H groups in total. The highest BCUT2D eigenvalue weighted by Gasteiger charge is 2.44. The van der Waals surface area contributed by atoms with E-state index < -0.39 is 0 Å². The summed E-state index contributed by atoms with van der Waals surface area (Å²) < 4.78 is 5.63. The molecule has 5 unspecified atom stereocenters. The van der Waals surface area contributed by atoms with Crippen LogP contribution in [0.1, 0.15) is 52.9 Å². The number of fused-ring (bicyclic) bond motifs is 4. The molecule has 0 aromatic carbocycles. The van der Waals surface area contributed by atoms with Crippen molar-refractivity contribution in [1.29, 1.82) is 0 Å². The zero-order valence-electron chi connectivity index (χ0n) is 12.4. The maximum Gasteiger partial charge on any atom is 0.309 e. The summed E-state index contributed by atoms with van der Waals surface area (Å²) in [4.78, 5) is 12.4. The molecule has 0 amide bonds. The van der Waals surface area contributed by atoms with Crippen molar-refractivity contribution < 1.29 is 9.53 Å². The molecular weight excluding hydrogens is 236 g/mol. The van der Waals surface area contributed by atoms with Crippen molar-refractivity contribution in [1.82, 2.24) is 0 Å². The second kappa shape index (κ2) is 4.64. The predicted octanol–water partition coefficient (Wildman–Crippen LogP) is 3.96. The Balaban J connectivity index is 1.71. The molecule has 2 nitrogen and oxygen atoms in total. The summed E-state index contributed by atoms with van der Waals surface area (Å²) in [5, 5.41) is 0. The molecule has 3 aliphatic carbocycles. The lowest BCUT2D eigenvalue weighted by molar-refractivity contribution is -0.161. The van der Waals surface area contributed by atoms with E-state index in [0.29, 0.717) is 5.92 Å². The van der Waals surface area contributed by atoms with Gasteiger partial charge in [0.05, 0.1) is 5.92 Å². The molecule has 0 aromatic rings. The van der Waals surface area contributed by atoms with Crippen molar-refractivity contribution in [2.24, 2.45) is 29.6 Å². The minimum absolute atomic E-state index is 0.0572. The van der Waals surface area contributed by atoms with E-state index in [1.807, 2.05) is 20.8 Å². The third-order valence-corrected chi connectivity index (χ3v) is 5.00. The van der Waals surface area contributed by atoms with Crippen molar-refractivity contribution in [2.45, 2.75) is 58.5 Å². The molecule has 0 radical (unpaired) electrons. The van der Waals surface area contributed by atoms with E-state index in [0.717, 1.165) is 24.2 Å². The van der Waals surface area contributed by atoms with Crippen molar-refractivity contribution >= 4 is 5.97 Å². The van der Waals surface area contributed by atoms with Crippen LogP contribution in [-0.4, -0.2) is 11.6 Å². The van der Waals surface area contributed by atoms with Gasteiger partial charge in [0, 0.05) is 0 Å². The van der Waals surface area contributed by atoms with Gasteiger partial charge in [-0.25, -0.2) is 0 Å². The maximum atomic E-state index is 12.4. The summed E-state index contributed by atoms with van der Waals surface area (Å²) in [6.07, 6.45) is 11.0. The van der Waals surface area contributed by atoms with Crippen LogP contribution >= 0.6 is 0 Å². The third-order valence-electron chi connectivity index (χ3n) is 5.00. The Morgan fingerprint density at radius 2 is 1.68 bits per heavy atom. The molecule has 0 saturated heterocycles. The van der Waals surface area contributed by atoms with E-state index in [9.17, 15) is 4.79 Å². The molecule has 19 heavy (non-hydrogen) atoms. The molecule has 2 heteroatoms. The topological polar surface area (TPSA) is 26.3 Å². The largest absolute Gasteiger partial charge is 0.460 e. The standard InChI is InChI=1S/C17H26O2/c1-17(2,3)19-16(18)15-10-13-7-11-4-5-12(6-11)8-14(15)9-13/h4-5,11-15H,6-10H2,1-3H3. The molecule has 2 saturated carbocycles. The minimum atomic E-state index is -0.348. The van der Waals surface area contributed by atoms with Gasteiger partial charge in [-0.05, 0) is 76.5 Å². The van der Waals surface area contributed by atoms with Crippen molar-refractivity contribution in [3.63, 3.8) is 0 Å². The molecule has 4 bridgehead atoms. The van der Waals surface area contributed by atoms with Gasteiger partial charge in [0.2, 0.25) is 0 Å². The van der Waals surface area contributed by atoms with Gasteiger partial charge in [-0.2, -0.15) is 0 Å². The van der Waals surface area contributed by atoms with Crippen molar-refractivity contribution in [2.75, 3.05) is 0 Å². The van der Waals surface area contributed by atoms with Crippen LogP contribution < -0.4 is 0 Å². The third kappa shape index (κ3) is 2.88. The first-order valence-corrected chi connectivity index (χ1v) is 7.82. The highest BCUT2D eigenvalue weighted by molar-refractivity contribution is 5.73. The number of rotatable bonds is 1.